The number of pyridine rings is 1. The Kier molecular flexibility index (Phi) is 2.99. The van der Waals surface area contributed by atoms with Gasteiger partial charge >= 0.3 is 0 Å². The normalized spacial score (nSPS) is 17.6. The molecule has 0 unspecified atom stereocenters. The molecular formula is C12H17N3. The average Bonchev–Trinajstić information content (AvgIpc) is 2.30. The van der Waals surface area contributed by atoms with Gasteiger partial charge in [-0.25, -0.2) is 0 Å². The molecule has 1 aliphatic carbocycles. The molecule has 2 rings (SSSR count). The molecule has 0 aromatic carbocycles. The van der Waals surface area contributed by atoms with E-state index >= 15 is 0 Å². The summed E-state index contributed by atoms with van der Waals surface area (Å²) >= 11 is 0. The SMILES string of the molecule is N=C(C1CCCCC1)n1ccccc1=N. The van der Waals surface area contributed by atoms with Crippen molar-refractivity contribution in [1.82, 2.24) is 4.57 Å². The van der Waals surface area contributed by atoms with Crippen molar-refractivity contribution in [2.24, 2.45) is 5.92 Å². The van der Waals surface area contributed by atoms with Gasteiger partial charge < -0.3 is 0 Å². The summed E-state index contributed by atoms with van der Waals surface area (Å²) in [6.07, 6.45) is 7.80. The van der Waals surface area contributed by atoms with Gasteiger partial charge in [0.25, 0.3) is 0 Å². The minimum atomic E-state index is 0.357. The highest BCUT2D eigenvalue weighted by molar-refractivity contribution is 5.83. The molecule has 80 valence electrons. The largest absolute Gasteiger partial charge is 0.290 e. The fourth-order valence-electron chi connectivity index (χ4n) is 2.23. The van der Waals surface area contributed by atoms with Crippen LogP contribution in [-0.4, -0.2) is 10.4 Å². The molecule has 1 aliphatic rings. The molecule has 1 aromatic heterocycles. The molecule has 0 amide bonds. The molecule has 1 heterocycles. The highest BCUT2D eigenvalue weighted by atomic mass is 15.0. The van der Waals surface area contributed by atoms with E-state index < -0.39 is 0 Å². The molecule has 1 saturated carbocycles. The Hall–Kier alpha value is -1.38. The van der Waals surface area contributed by atoms with Crippen molar-refractivity contribution in [2.75, 3.05) is 0 Å². The van der Waals surface area contributed by atoms with E-state index in [0.717, 1.165) is 12.8 Å². The summed E-state index contributed by atoms with van der Waals surface area (Å²) in [6, 6.07) is 5.46. The average molecular weight is 203 g/mol. The van der Waals surface area contributed by atoms with E-state index in [1.165, 1.54) is 19.3 Å². The first-order chi connectivity index (χ1) is 7.29. The Balaban J connectivity index is 2.20. The van der Waals surface area contributed by atoms with E-state index in [4.69, 9.17) is 10.8 Å². The summed E-state index contributed by atoms with van der Waals surface area (Å²) in [7, 11) is 0. The summed E-state index contributed by atoms with van der Waals surface area (Å²) in [5, 5.41) is 15.8. The Labute approximate surface area is 89.8 Å². The lowest BCUT2D eigenvalue weighted by molar-refractivity contribution is 0.431. The van der Waals surface area contributed by atoms with Crippen LogP contribution in [-0.2, 0) is 0 Å². The van der Waals surface area contributed by atoms with Crippen molar-refractivity contribution >= 4 is 5.84 Å². The predicted octanol–water partition coefficient (Wildman–Crippen LogP) is 2.37. The summed E-state index contributed by atoms with van der Waals surface area (Å²) in [6.45, 7) is 0. The molecule has 0 aliphatic heterocycles. The van der Waals surface area contributed by atoms with Gasteiger partial charge in [0.1, 0.15) is 11.3 Å². The van der Waals surface area contributed by atoms with Crippen LogP contribution in [0.2, 0.25) is 0 Å². The topological polar surface area (TPSA) is 52.6 Å². The van der Waals surface area contributed by atoms with Gasteiger partial charge in [-0.05, 0) is 25.0 Å². The van der Waals surface area contributed by atoms with Crippen LogP contribution in [0.1, 0.15) is 32.1 Å². The highest BCUT2D eigenvalue weighted by Crippen LogP contribution is 2.24. The first kappa shape index (κ1) is 10.1. The summed E-state index contributed by atoms with van der Waals surface area (Å²) in [5.41, 5.74) is 0.410. The monoisotopic (exact) mass is 203 g/mol. The second kappa shape index (κ2) is 4.43. The van der Waals surface area contributed by atoms with Gasteiger partial charge in [-0.1, -0.05) is 25.3 Å². The van der Waals surface area contributed by atoms with Gasteiger partial charge in [0.05, 0.1) is 0 Å². The van der Waals surface area contributed by atoms with Crippen LogP contribution >= 0.6 is 0 Å². The first-order valence-electron chi connectivity index (χ1n) is 5.60. The van der Waals surface area contributed by atoms with E-state index in [-0.39, 0.29) is 0 Å². The molecule has 0 saturated heterocycles. The molecule has 0 radical (unpaired) electrons. The van der Waals surface area contributed by atoms with Crippen molar-refractivity contribution in [1.29, 1.82) is 10.8 Å². The van der Waals surface area contributed by atoms with Crippen LogP contribution in [0.3, 0.4) is 0 Å². The highest BCUT2D eigenvalue weighted by Gasteiger charge is 2.18. The first-order valence-corrected chi connectivity index (χ1v) is 5.60. The molecular weight excluding hydrogens is 186 g/mol. The summed E-state index contributed by atoms with van der Waals surface area (Å²) in [4.78, 5) is 0. The van der Waals surface area contributed by atoms with Gasteiger partial charge in [-0.15, -0.1) is 0 Å². The van der Waals surface area contributed by atoms with Gasteiger partial charge in [0.15, 0.2) is 0 Å². The molecule has 15 heavy (non-hydrogen) atoms. The lowest BCUT2D eigenvalue weighted by Gasteiger charge is -2.23. The van der Waals surface area contributed by atoms with Gasteiger partial charge in [0.2, 0.25) is 0 Å². The molecule has 0 atom stereocenters. The molecule has 2 N–H and O–H groups in total. The maximum absolute atomic E-state index is 8.11. The fourth-order valence-corrected chi connectivity index (χ4v) is 2.23. The molecule has 1 fully saturated rings. The van der Waals surface area contributed by atoms with Crippen LogP contribution in [0.25, 0.3) is 0 Å². The Morgan fingerprint density at radius 1 is 1.20 bits per heavy atom. The van der Waals surface area contributed by atoms with Crippen molar-refractivity contribution in [2.45, 2.75) is 32.1 Å². The second-order valence-corrected chi connectivity index (χ2v) is 4.18. The fraction of sp³-hybridized carbons (Fsp3) is 0.500. The lowest BCUT2D eigenvalue weighted by Crippen LogP contribution is -2.31. The van der Waals surface area contributed by atoms with Gasteiger partial charge in [-0.3, -0.25) is 15.4 Å². The van der Waals surface area contributed by atoms with Crippen molar-refractivity contribution in [3.63, 3.8) is 0 Å². The second-order valence-electron chi connectivity index (χ2n) is 4.18. The standard InChI is InChI=1S/C12H17N3/c13-11-8-4-5-9-15(11)12(14)10-6-2-1-3-7-10/h4-5,8-10,13-14H,1-3,6-7H2. The zero-order valence-electron chi connectivity index (χ0n) is 8.87. The number of aromatic nitrogens is 1. The number of nitrogens with one attached hydrogen (secondary N) is 2. The third-order valence-electron chi connectivity index (χ3n) is 3.11. The van der Waals surface area contributed by atoms with Crippen LogP contribution < -0.4 is 5.49 Å². The molecule has 3 nitrogen and oxygen atoms in total. The third kappa shape index (κ3) is 2.17. The van der Waals surface area contributed by atoms with Crippen LogP contribution in [0, 0.1) is 16.7 Å². The summed E-state index contributed by atoms with van der Waals surface area (Å²) < 4.78 is 1.69. The number of nitrogens with zero attached hydrogens (tertiary/aromatic N) is 1. The number of rotatable bonds is 1. The van der Waals surface area contributed by atoms with Crippen LogP contribution in [0.4, 0.5) is 0 Å². The molecule has 3 heteroatoms. The predicted molar refractivity (Wildman–Crippen MR) is 60.0 cm³/mol. The Bertz CT molecular complexity index is 399. The number of hydrogen-bond donors (Lipinski definition) is 2. The van der Waals surface area contributed by atoms with Gasteiger partial charge in [-0.2, -0.15) is 0 Å². The lowest BCUT2D eigenvalue weighted by atomic mass is 9.88. The van der Waals surface area contributed by atoms with Gasteiger partial charge in [0, 0.05) is 12.1 Å². The molecule has 0 bridgehead atoms. The quantitative estimate of drug-likeness (QED) is 0.520. The van der Waals surface area contributed by atoms with E-state index in [1.54, 1.807) is 10.6 Å². The maximum Gasteiger partial charge on any atom is 0.130 e. The van der Waals surface area contributed by atoms with E-state index in [9.17, 15) is 0 Å². The molecule has 0 spiro atoms. The molecule has 1 aromatic rings. The third-order valence-corrected chi connectivity index (χ3v) is 3.11. The van der Waals surface area contributed by atoms with Crippen LogP contribution in [0.15, 0.2) is 24.4 Å². The Morgan fingerprint density at radius 3 is 2.60 bits per heavy atom. The zero-order chi connectivity index (χ0) is 10.7. The summed E-state index contributed by atoms with van der Waals surface area (Å²) in [5.74, 6) is 0.954. The van der Waals surface area contributed by atoms with E-state index in [0.29, 0.717) is 17.2 Å². The van der Waals surface area contributed by atoms with Crippen molar-refractivity contribution in [3.8, 4) is 0 Å². The minimum Gasteiger partial charge on any atom is -0.290 e. The Morgan fingerprint density at radius 2 is 1.93 bits per heavy atom. The maximum atomic E-state index is 8.11. The minimum absolute atomic E-state index is 0.357. The van der Waals surface area contributed by atoms with Crippen LogP contribution in [0.5, 0.6) is 0 Å². The number of hydrogen-bond acceptors (Lipinski definition) is 2. The van der Waals surface area contributed by atoms with Crippen molar-refractivity contribution in [3.05, 3.63) is 29.9 Å². The van der Waals surface area contributed by atoms with E-state index in [2.05, 4.69) is 0 Å². The van der Waals surface area contributed by atoms with E-state index in [1.807, 2.05) is 18.3 Å². The zero-order valence-corrected chi connectivity index (χ0v) is 8.87. The smallest absolute Gasteiger partial charge is 0.130 e. The van der Waals surface area contributed by atoms with Crippen molar-refractivity contribution < 1.29 is 0 Å².